The van der Waals surface area contributed by atoms with Gasteiger partial charge in [0.1, 0.15) is 0 Å². The Balaban J connectivity index is 0.00000106. The van der Waals surface area contributed by atoms with Gasteiger partial charge in [-0.1, -0.05) is 58.0 Å². The summed E-state index contributed by atoms with van der Waals surface area (Å²) < 4.78 is 0. The van der Waals surface area contributed by atoms with Gasteiger partial charge >= 0.3 is 0 Å². The van der Waals surface area contributed by atoms with Crippen LogP contribution in [0.5, 0.6) is 0 Å². The molecule has 0 aliphatic heterocycles. The molecule has 0 saturated heterocycles. The fourth-order valence-corrected chi connectivity index (χ4v) is 1.37. The van der Waals surface area contributed by atoms with E-state index >= 15 is 0 Å². The van der Waals surface area contributed by atoms with Gasteiger partial charge in [-0.15, -0.1) is 0 Å². The van der Waals surface area contributed by atoms with E-state index in [-0.39, 0.29) is 17.5 Å². The maximum atomic E-state index is 6.19. The van der Waals surface area contributed by atoms with Crippen molar-refractivity contribution in [1.29, 1.82) is 0 Å². The normalized spacial score (nSPS) is 14.7. The molecule has 2 heteroatoms. The van der Waals surface area contributed by atoms with Crippen molar-refractivity contribution in [1.82, 2.24) is 0 Å². The van der Waals surface area contributed by atoms with Gasteiger partial charge in [-0.05, 0) is 17.9 Å². The van der Waals surface area contributed by atoms with Crippen LogP contribution in [0.15, 0.2) is 30.3 Å². The lowest BCUT2D eigenvalue weighted by Gasteiger charge is -2.35. The molecule has 0 aliphatic rings. The maximum Gasteiger partial charge on any atom is 0.0361 e. The lowest BCUT2D eigenvalue weighted by molar-refractivity contribution is 0.239. The third kappa shape index (κ3) is 3.62. The highest BCUT2D eigenvalue weighted by molar-refractivity contribution is 5.21. The summed E-state index contributed by atoms with van der Waals surface area (Å²) >= 11 is 0. The molecule has 0 saturated carbocycles. The van der Waals surface area contributed by atoms with Crippen molar-refractivity contribution < 1.29 is 0 Å². The summed E-state index contributed by atoms with van der Waals surface area (Å²) in [6, 6.07) is 10.2. The van der Waals surface area contributed by atoms with Crippen LogP contribution in [-0.4, -0.2) is 6.04 Å². The minimum atomic E-state index is -0.0820. The Labute approximate surface area is 100 Å². The second kappa shape index (κ2) is 6.66. The third-order valence-electron chi connectivity index (χ3n) is 3.13. The van der Waals surface area contributed by atoms with Gasteiger partial charge in [-0.2, -0.15) is 0 Å². The van der Waals surface area contributed by atoms with Crippen LogP contribution in [0.3, 0.4) is 0 Å². The van der Waals surface area contributed by atoms with Crippen molar-refractivity contribution in [3.63, 3.8) is 0 Å². The summed E-state index contributed by atoms with van der Waals surface area (Å²) in [6.07, 6.45) is 0. The first-order chi connectivity index (χ1) is 7.46. The van der Waals surface area contributed by atoms with Crippen LogP contribution < -0.4 is 11.5 Å². The minimum Gasteiger partial charge on any atom is -0.327 e. The molecule has 1 rings (SSSR count). The lowest BCUT2D eigenvalue weighted by atomic mass is 9.76. The molecule has 0 spiro atoms. The fraction of sp³-hybridized carbons (Fsp3) is 0.571. The summed E-state index contributed by atoms with van der Waals surface area (Å²) in [5.74, 6) is 0. The van der Waals surface area contributed by atoms with E-state index in [1.165, 1.54) is 0 Å². The van der Waals surface area contributed by atoms with E-state index in [4.69, 9.17) is 11.5 Å². The Bertz CT molecular complexity index is 278. The van der Waals surface area contributed by atoms with Gasteiger partial charge in [0.2, 0.25) is 0 Å². The third-order valence-corrected chi connectivity index (χ3v) is 3.13. The van der Waals surface area contributed by atoms with Crippen molar-refractivity contribution in [2.75, 3.05) is 0 Å². The van der Waals surface area contributed by atoms with Crippen molar-refractivity contribution in [3.8, 4) is 0 Å². The number of benzene rings is 1. The van der Waals surface area contributed by atoms with E-state index in [2.05, 4.69) is 26.0 Å². The molecule has 0 aliphatic carbocycles. The average molecular weight is 222 g/mol. The first-order valence-corrected chi connectivity index (χ1v) is 6.02. The van der Waals surface area contributed by atoms with E-state index < -0.39 is 0 Å². The summed E-state index contributed by atoms with van der Waals surface area (Å²) in [5, 5.41) is 0. The molecule has 0 heterocycles. The van der Waals surface area contributed by atoms with Crippen LogP contribution in [0, 0.1) is 5.41 Å². The zero-order valence-corrected chi connectivity index (χ0v) is 11.2. The fourth-order valence-electron chi connectivity index (χ4n) is 1.37. The average Bonchev–Trinajstić information content (AvgIpc) is 2.31. The Morgan fingerprint density at radius 3 is 1.81 bits per heavy atom. The Hall–Kier alpha value is -0.860. The summed E-state index contributed by atoms with van der Waals surface area (Å²) in [6.45, 7) is 10.2. The van der Waals surface area contributed by atoms with Gasteiger partial charge in [0, 0.05) is 12.1 Å². The van der Waals surface area contributed by atoms with E-state index in [0.717, 1.165) is 5.56 Å². The van der Waals surface area contributed by atoms with Crippen LogP contribution in [0.25, 0.3) is 0 Å². The number of hydrogen-bond donors (Lipinski definition) is 2. The number of hydrogen-bond acceptors (Lipinski definition) is 2. The number of rotatable bonds is 3. The van der Waals surface area contributed by atoms with Crippen LogP contribution in [0.4, 0.5) is 0 Å². The zero-order chi connectivity index (χ0) is 12.8. The molecular weight excluding hydrogens is 196 g/mol. The SMILES string of the molecule is CC.CC(N)C(C)(C)C(N)c1ccccc1. The zero-order valence-electron chi connectivity index (χ0n) is 11.2. The molecule has 0 amide bonds. The lowest BCUT2D eigenvalue weighted by Crippen LogP contribution is -2.42. The van der Waals surface area contributed by atoms with Gasteiger partial charge in [0.25, 0.3) is 0 Å². The van der Waals surface area contributed by atoms with Gasteiger partial charge in [0.05, 0.1) is 0 Å². The van der Waals surface area contributed by atoms with Crippen molar-refractivity contribution in [2.24, 2.45) is 16.9 Å². The predicted molar refractivity (Wildman–Crippen MR) is 72.1 cm³/mol. The van der Waals surface area contributed by atoms with Crippen LogP contribution in [-0.2, 0) is 0 Å². The largest absolute Gasteiger partial charge is 0.327 e. The maximum absolute atomic E-state index is 6.19. The quantitative estimate of drug-likeness (QED) is 0.825. The van der Waals surface area contributed by atoms with Gasteiger partial charge in [-0.25, -0.2) is 0 Å². The first-order valence-electron chi connectivity index (χ1n) is 6.02. The Morgan fingerprint density at radius 2 is 1.44 bits per heavy atom. The molecule has 0 bridgehead atoms. The van der Waals surface area contributed by atoms with E-state index in [0.29, 0.717) is 0 Å². The molecular formula is C14H26N2. The van der Waals surface area contributed by atoms with Crippen LogP contribution >= 0.6 is 0 Å². The Kier molecular flexibility index (Phi) is 6.31. The summed E-state index contributed by atoms with van der Waals surface area (Å²) in [7, 11) is 0. The second-order valence-electron chi connectivity index (χ2n) is 4.50. The molecule has 2 nitrogen and oxygen atoms in total. The summed E-state index contributed by atoms with van der Waals surface area (Å²) in [5.41, 5.74) is 13.2. The second-order valence-corrected chi connectivity index (χ2v) is 4.50. The predicted octanol–water partition coefficient (Wildman–Crippen LogP) is 3.09. The highest BCUT2D eigenvalue weighted by Crippen LogP contribution is 2.33. The monoisotopic (exact) mass is 222 g/mol. The van der Waals surface area contributed by atoms with Crippen LogP contribution in [0.2, 0.25) is 0 Å². The van der Waals surface area contributed by atoms with E-state index in [1.54, 1.807) is 0 Å². The summed E-state index contributed by atoms with van der Waals surface area (Å²) in [4.78, 5) is 0. The van der Waals surface area contributed by atoms with Crippen molar-refractivity contribution >= 4 is 0 Å². The molecule has 4 N–H and O–H groups in total. The molecule has 2 atom stereocenters. The Morgan fingerprint density at radius 1 is 1.00 bits per heavy atom. The van der Waals surface area contributed by atoms with Crippen molar-refractivity contribution in [3.05, 3.63) is 35.9 Å². The van der Waals surface area contributed by atoms with Gasteiger partial charge in [0.15, 0.2) is 0 Å². The smallest absolute Gasteiger partial charge is 0.0361 e. The molecule has 16 heavy (non-hydrogen) atoms. The molecule has 92 valence electrons. The molecule has 1 aromatic carbocycles. The molecule has 0 fully saturated rings. The standard InChI is InChI=1S/C12H20N2.C2H6/c1-9(13)12(2,3)11(14)10-7-5-4-6-8-10;1-2/h4-9,11H,13-14H2,1-3H3;1-2H3. The van der Waals surface area contributed by atoms with Gasteiger partial charge < -0.3 is 11.5 Å². The van der Waals surface area contributed by atoms with E-state index in [9.17, 15) is 0 Å². The number of nitrogens with two attached hydrogens (primary N) is 2. The highest BCUT2D eigenvalue weighted by Gasteiger charge is 2.31. The van der Waals surface area contributed by atoms with Gasteiger partial charge in [-0.3, -0.25) is 0 Å². The molecule has 1 aromatic rings. The minimum absolute atomic E-state index is 0.0105. The van der Waals surface area contributed by atoms with E-state index in [1.807, 2.05) is 39.0 Å². The molecule has 0 radical (unpaired) electrons. The molecule has 2 unspecified atom stereocenters. The topological polar surface area (TPSA) is 52.0 Å². The van der Waals surface area contributed by atoms with Crippen LogP contribution in [0.1, 0.15) is 46.2 Å². The first kappa shape index (κ1) is 15.1. The molecule has 0 aromatic heterocycles. The highest BCUT2D eigenvalue weighted by atomic mass is 14.8. The van der Waals surface area contributed by atoms with Crippen molar-refractivity contribution in [2.45, 2.75) is 46.7 Å².